The molecule has 0 saturated heterocycles. The highest BCUT2D eigenvalue weighted by Gasteiger charge is 2.12. The Morgan fingerprint density at radius 1 is 1.32 bits per heavy atom. The van der Waals surface area contributed by atoms with Crippen molar-refractivity contribution in [2.75, 3.05) is 18.4 Å². The molecule has 0 spiro atoms. The molecule has 1 aromatic carbocycles. The number of aromatic nitrogens is 2. The van der Waals surface area contributed by atoms with E-state index < -0.39 is 0 Å². The predicted octanol–water partition coefficient (Wildman–Crippen LogP) is 2.58. The number of benzene rings is 1. The maximum Gasteiger partial charge on any atom is 0.239 e. The summed E-state index contributed by atoms with van der Waals surface area (Å²) in [5, 5.41) is 7.16. The number of carbonyl (C=O) groups excluding carboxylic acids is 1. The van der Waals surface area contributed by atoms with Gasteiger partial charge in [-0.15, -0.1) is 0 Å². The molecule has 0 atom stereocenters. The monoisotopic (exact) mass is 300 g/mol. The van der Waals surface area contributed by atoms with Gasteiger partial charge in [0.1, 0.15) is 5.82 Å². The Bertz CT molecular complexity index is 606. The van der Waals surface area contributed by atoms with Crippen LogP contribution in [0, 0.1) is 6.92 Å². The van der Waals surface area contributed by atoms with Gasteiger partial charge in [-0.05, 0) is 25.5 Å². The summed E-state index contributed by atoms with van der Waals surface area (Å²) in [6.07, 6.45) is 1.02. The Morgan fingerprint density at radius 3 is 2.64 bits per heavy atom. The van der Waals surface area contributed by atoms with Gasteiger partial charge < -0.3 is 5.32 Å². The minimum Gasteiger partial charge on any atom is -0.310 e. The van der Waals surface area contributed by atoms with Gasteiger partial charge in [0.25, 0.3) is 0 Å². The van der Waals surface area contributed by atoms with Gasteiger partial charge in [-0.1, -0.05) is 37.3 Å². The van der Waals surface area contributed by atoms with Crippen molar-refractivity contribution in [3.05, 3.63) is 47.7 Å². The topological polar surface area (TPSA) is 50.2 Å². The van der Waals surface area contributed by atoms with E-state index in [1.807, 2.05) is 38.2 Å². The van der Waals surface area contributed by atoms with Crippen molar-refractivity contribution in [2.24, 2.45) is 7.05 Å². The lowest BCUT2D eigenvalue weighted by atomic mass is 10.2. The summed E-state index contributed by atoms with van der Waals surface area (Å²) in [5.74, 6) is 0.728. The zero-order valence-electron chi connectivity index (χ0n) is 13.5. The van der Waals surface area contributed by atoms with Crippen molar-refractivity contribution >= 4 is 11.7 Å². The normalized spacial score (nSPS) is 10.9. The van der Waals surface area contributed by atoms with E-state index in [1.54, 1.807) is 4.68 Å². The second kappa shape index (κ2) is 7.75. The molecule has 0 bridgehead atoms. The van der Waals surface area contributed by atoms with E-state index in [2.05, 4.69) is 34.4 Å². The third-order valence-electron chi connectivity index (χ3n) is 3.43. The van der Waals surface area contributed by atoms with E-state index >= 15 is 0 Å². The lowest BCUT2D eigenvalue weighted by Gasteiger charge is -2.21. The molecule has 1 N–H and O–H groups in total. The highest BCUT2D eigenvalue weighted by atomic mass is 16.2. The molecule has 5 heteroatoms. The first-order valence-electron chi connectivity index (χ1n) is 7.65. The smallest absolute Gasteiger partial charge is 0.239 e. The van der Waals surface area contributed by atoms with Crippen LogP contribution in [0.25, 0.3) is 0 Å². The van der Waals surface area contributed by atoms with Crippen LogP contribution in [-0.4, -0.2) is 33.7 Å². The van der Waals surface area contributed by atoms with Gasteiger partial charge in [-0.25, -0.2) is 0 Å². The molecule has 5 nitrogen and oxygen atoms in total. The van der Waals surface area contributed by atoms with Crippen LogP contribution in [0.4, 0.5) is 5.82 Å². The van der Waals surface area contributed by atoms with Crippen LogP contribution in [-0.2, 0) is 18.4 Å². The molecule has 0 aliphatic carbocycles. The lowest BCUT2D eigenvalue weighted by Crippen LogP contribution is -2.33. The van der Waals surface area contributed by atoms with E-state index in [4.69, 9.17) is 0 Å². The second-order valence-electron chi connectivity index (χ2n) is 5.54. The molecular weight excluding hydrogens is 276 g/mol. The van der Waals surface area contributed by atoms with Gasteiger partial charge in [-0.2, -0.15) is 5.10 Å². The molecule has 0 unspecified atom stereocenters. The predicted molar refractivity (Wildman–Crippen MR) is 88.6 cm³/mol. The van der Waals surface area contributed by atoms with Crippen LogP contribution < -0.4 is 5.32 Å². The third-order valence-corrected chi connectivity index (χ3v) is 3.43. The molecule has 1 amide bonds. The fourth-order valence-electron chi connectivity index (χ4n) is 2.48. The molecule has 22 heavy (non-hydrogen) atoms. The molecular formula is C17H24N4O. The molecule has 2 rings (SSSR count). The summed E-state index contributed by atoms with van der Waals surface area (Å²) >= 11 is 0. The number of hydrogen-bond acceptors (Lipinski definition) is 3. The fraction of sp³-hybridized carbons (Fsp3) is 0.412. The number of aryl methyl sites for hydroxylation is 2. The van der Waals surface area contributed by atoms with E-state index in [9.17, 15) is 4.79 Å². The number of nitrogens with one attached hydrogen (secondary N) is 1. The lowest BCUT2D eigenvalue weighted by molar-refractivity contribution is -0.117. The number of carbonyl (C=O) groups is 1. The molecule has 0 aliphatic heterocycles. The number of nitrogens with zero attached hydrogens (tertiary/aromatic N) is 3. The quantitative estimate of drug-likeness (QED) is 0.855. The van der Waals surface area contributed by atoms with Gasteiger partial charge in [0.2, 0.25) is 5.91 Å². The summed E-state index contributed by atoms with van der Waals surface area (Å²) in [4.78, 5) is 14.4. The largest absolute Gasteiger partial charge is 0.310 e. The van der Waals surface area contributed by atoms with Crippen molar-refractivity contribution in [1.29, 1.82) is 0 Å². The van der Waals surface area contributed by atoms with E-state index in [0.717, 1.165) is 31.0 Å². The maximum atomic E-state index is 12.3. The number of hydrogen-bond donors (Lipinski definition) is 1. The molecule has 2 aromatic rings. The second-order valence-corrected chi connectivity index (χ2v) is 5.54. The SMILES string of the molecule is CCCN(CC(=O)Nc1cc(C)nn1C)Cc1ccccc1. The van der Waals surface area contributed by atoms with Crippen molar-refractivity contribution in [3.8, 4) is 0 Å². The molecule has 0 radical (unpaired) electrons. The minimum absolute atomic E-state index is 0.00705. The fourth-order valence-corrected chi connectivity index (χ4v) is 2.48. The Labute approximate surface area is 131 Å². The Hall–Kier alpha value is -2.14. The Kier molecular flexibility index (Phi) is 5.72. The highest BCUT2D eigenvalue weighted by molar-refractivity contribution is 5.91. The zero-order chi connectivity index (χ0) is 15.9. The van der Waals surface area contributed by atoms with Crippen LogP contribution in [0.3, 0.4) is 0 Å². The van der Waals surface area contributed by atoms with E-state index in [1.165, 1.54) is 5.56 Å². The average Bonchev–Trinajstić information content (AvgIpc) is 2.78. The standard InChI is InChI=1S/C17H24N4O/c1-4-10-21(12-15-8-6-5-7-9-15)13-17(22)18-16-11-14(2)19-20(16)3/h5-9,11H,4,10,12-13H2,1-3H3,(H,18,22). The summed E-state index contributed by atoms with van der Waals surface area (Å²) in [6, 6.07) is 12.1. The average molecular weight is 300 g/mol. The van der Waals surface area contributed by atoms with Gasteiger partial charge >= 0.3 is 0 Å². The minimum atomic E-state index is -0.00705. The van der Waals surface area contributed by atoms with E-state index in [-0.39, 0.29) is 5.91 Å². The number of amides is 1. The highest BCUT2D eigenvalue weighted by Crippen LogP contribution is 2.09. The first-order chi connectivity index (χ1) is 10.6. The molecule has 1 heterocycles. The van der Waals surface area contributed by atoms with Crippen molar-refractivity contribution in [1.82, 2.24) is 14.7 Å². The van der Waals surface area contributed by atoms with Gasteiger partial charge in [0.05, 0.1) is 12.2 Å². The Morgan fingerprint density at radius 2 is 2.05 bits per heavy atom. The van der Waals surface area contributed by atoms with Crippen LogP contribution in [0.2, 0.25) is 0 Å². The van der Waals surface area contributed by atoms with Crippen LogP contribution in [0.1, 0.15) is 24.6 Å². The molecule has 118 valence electrons. The third kappa shape index (κ3) is 4.70. The summed E-state index contributed by atoms with van der Waals surface area (Å²) in [6.45, 7) is 6.10. The molecule has 1 aromatic heterocycles. The van der Waals surface area contributed by atoms with Crippen molar-refractivity contribution < 1.29 is 4.79 Å². The number of rotatable bonds is 7. The molecule has 0 saturated carbocycles. The van der Waals surface area contributed by atoms with Gasteiger partial charge in [0.15, 0.2) is 0 Å². The first-order valence-corrected chi connectivity index (χ1v) is 7.65. The van der Waals surface area contributed by atoms with Crippen molar-refractivity contribution in [3.63, 3.8) is 0 Å². The summed E-state index contributed by atoms with van der Waals surface area (Å²) < 4.78 is 1.69. The van der Waals surface area contributed by atoms with E-state index in [0.29, 0.717) is 6.54 Å². The maximum absolute atomic E-state index is 12.3. The summed E-state index contributed by atoms with van der Waals surface area (Å²) in [7, 11) is 1.83. The summed E-state index contributed by atoms with van der Waals surface area (Å²) in [5.41, 5.74) is 2.12. The van der Waals surface area contributed by atoms with Gasteiger partial charge in [0, 0.05) is 19.7 Å². The van der Waals surface area contributed by atoms with Crippen LogP contribution >= 0.6 is 0 Å². The number of anilines is 1. The molecule has 0 fully saturated rings. The Balaban J connectivity index is 1.95. The van der Waals surface area contributed by atoms with Gasteiger partial charge in [-0.3, -0.25) is 14.4 Å². The zero-order valence-corrected chi connectivity index (χ0v) is 13.5. The van der Waals surface area contributed by atoms with Crippen LogP contribution in [0.15, 0.2) is 36.4 Å². The van der Waals surface area contributed by atoms with Crippen LogP contribution in [0.5, 0.6) is 0 Å². The molecule has 0 aliphatic rings. The first kappa shape index (κ1) is 16.2. The van der Waals surface area contributed by atoms with Crippen molar-refractivity contribution in [2.45, 2.75) is 26.8 Å².